The zero-order valence-electron chi connectivity index (χ0n) is 9.70. The van der Waals surface area contributed by atoms with Gasteiger partial charge in [-0.05, 0) is 52.0 Å². The first kappa shape index (κ1) is 10.9. The maximum absolute atomic E-state index is 11.3. The summed E-state index contributed by atoms with van der Waals surface area (Å²) in [5.41, 5.74) is -0.602. The Kier molecular flexibility index (Phi) is 2.75. The van der Waals surface area contributed by atoms with Gasteiger partial charge >= 0.3 is 5.97 Å². The molecule has 2 aliphatic rings. The first-order valence-corrected chi connectivity index (χ1v) is 6.06. The lowest BCUT2D eigenvalue weighted by Gasteiger charge is -2.43. The molecule has 2 fully saturated rings. The number of carboxylic acid groups (broad SMARTS) is 1. The van der Waals surface area contributed by atoms with Gasteiger partial charge in [-0.2, -0.15) is 0 Å². The fourth-order valence-corrected chi connectivity index (χ4v) is 3.04. The second-order valence-electron chi connectivity index (χ2n) is 5.31. The minimum atomic E-state index is -0.647. The van der Waals surface area contributed by atoms with E-state index in [-0.39, 0.29) is 0 Å². The number of rotatable bonds is 3. The predicted octanol–water partition coefficient (Wildman–Crippen LogP) is 2.11. The molecule has 0 aromatic carbocycles. The van der Waals surface area contributed by atoms with Crippen LogP contribution in [-0.2, 0) is 4.79 Å². The molecule has 1 saturated heterocycles. The Bertz CT molecular complexity index is 262. The summed E-state index contributed by atoms with van der Waals surface area (Å²) in [4.78, 5) is 13.5. The van der Waals surface area contributed by atoms with Crippen molar-refractivity contribution in [1.82, 2.24) is 4.90 Å². The third-order valence-electron chi connectivity index (χ3n) is 4.48. The number of likely N-dealkylation sites (tertiary alicyclic amines) is 1. The summed E-state index contributed by atoms with van der Waals surface area (Å²) < 4.78 is 0. The molecule has 1 heterocycles. The standard InChI is InChI=1S/C12H21NO2/c1-9(10-5-3-6-10)13-8-4-7-12(13,2)11(14)15/h9-10H,3-8H2,1-2H3,(H,14,15). The molecule has 3 heteroatoms. The molecule has 0 bridgehead atoms. The normalized spacial score (nSPS) is 35.1. The number of hydrogen-bond donors (Lipinski definition) is 1. The highest BCUT2D eigenvalue weighted by Gasteiger charge is 2.47. The SMILES string of the molecule is CC(C1CCC1)N1CCCC1(C)C(=O)O. The highest BCUT2D eigenvalue weighted by atomic mass is 16.4. The summed E-state index contributed by atoms with van der Waals surface area (Å²) in [5.74, 6) is 0.0907. The number of carboxylic acids is 1. The lowest BCUT2D eigenvalue weighted by molar-refractivity contribution is -0.150. The monoisotopic (exact) mass is 211 g/mol. The summed E-state index contributed by atoms with van der Waals surface area (Å²) in [7, 11) is 0. The molecule has 0 radical (unpaired) electrons. The van der Waals surface area contributed by atoms with Crippen LogP contribution in [0.4, 0.5) is 0 Å². The van der Waals surface area contributed by atoms with Crippen LogP contribution >= 0.6 is 0 Å². The molecule has 1 aliphatic heterocycles. The van der Waals surface area contributed by atoms with Crippen molar-refractivity contribution in [2.45, 2.75) is 57.5 Å². The fourth-order valence-electron chi connectivity index (χ4n) is 3.04. The fraction of sp³-hybridized carbons (Fsp3) is 0.917. The van der Waals surface area contributed by atoms with Crippen molar-refractivity contribution in [1.29, 1.82) is 0 Å². The number of aliphatic carboxylic acids is 1. The molecule has 0 spiro atoms. The van der Waals surface area contributed by atoms with Crippen molar-refractivity contribution in [3.63, 3.8) is 0 Å². The average Bonchev–Trinajstić information content (AvgIpc) is 2.45. The summed E-state index contributed by atoms with van der Waals surface area (Å²) >= 11 is 0. The summed E-state index contributed by atoms with van der Waals surface area (Å²) in [6, 6.07) is 0.447. The minimum Gasteiger partial charge on any atom is -0.480 e. The second-order valence-corrected chi connectivity index (χ2v) is 5.31. The maximum Gasteiger partial charge on any atom is 0.323 e. The molecule has 86 valence electrons. The second kappa shape index (κ2) is 3.78. The van der Waals surface area contributed by atoms with E-state index in [4.69, 9.17) is 0 Å². The Labute approximate surface area is 91.5 Å². The maximum atomic E-state index is 11.3. The first-order valence-electron chi connectivity index (χ1n) is 6.06. The zero-order chi connectivity index (χ0) is 11.1. The van der Waals surface area contributed by atoms with Gasteiger partial charge in [0.25, 0.3) is 0 Å². The van der Waals surface area contributed by atoms with Gasteiger partial charge in [-0.15, -0.1) is 0 Å². The van der Waals surface area contributed by atoms with Crippen molar-refractivity contribution in [2.24, 2.45) is 5.92 Å². The predicted molar refractivity (Wildman–Crippen MR) is 58.8 cm³/mol. The molecule has 0 aromatic heterocycles. The van der Waals surface area contributed by atoms with E-state index < -0.39 is 11.5 Å². The van der Waals surface area contributed by atoms with Crippen LogP contribution in [0.1, 0.15) is 46.0 Å². The lowest BCUT2D eigenvalue weighted by Crippen LogP contribution is -2.54. The molecular formula is C12H21NO2. The van der Waals surface area contributed by atoms with E-state index in [1.807, 2.05) is 6.92 Å². The molecule has 2 unspecified atom stereocenters. The van der Waals surface area contributed by atoms with Gasteiger partial charge in [0.05, 0.1) is 0 Å². The van der Waals surface area contributed by atoms with E-state index in [1.165, 1.54) is 19.3 Å². The van der Waals surface area contributed by atoms with Crippen molar-refractivity contribution in [3.8, 4) is 0 Å². The number of nitrogens with zero attached hydrogens (tertiary/aromatic N) is 1. The molecule has 2 rings (SSSR count). The van der Waals surface area contributed by atoms with Gasteiger partial charge in [-0.3, -0.25) is 9.69 Å². The van der Waals surface area contributed by atoms with E-state index in [0.717, 1.165) is 25.3 Å². The smallest absolute Gasteiger partial charge is 0.323 e. The largest absolute Gasteiger partial charge is 0.480 e. The molecular weight excluding hydrogens is 190 g/mol. The Morgan fingerprint density at radius 1 is 1.47 bits per heavy atom. The van der Waals surface area contributed by atoms with E-state index in [0.29, 0.717) is 6.04 Å². The van der Waals surface area contributed by atoms with Gasteiger partial charge in [0, 0.05) is 6.04 Å². The Balaban J connectivity index is 2.09. The third-order valence-corrected chi connectivity index (χ3v) is 4.48. The van der Waals surface area contributed by atoms with Crippen LogP contribution in [0.25, 0.3) is 0 Å². The van der Waals surface area contributed by atoms with Gasteiger partial charge in [-0.25, -0.2) is 0 Å². The Hall–Kier alpha value is -0.570. The van der Waals surface area contributed by atoms with Crippen LogP contribution in [0.15, 0.2) is 0 Å². The lowest BCUT2D eigenvalue weighted by atomic mass is 9.79. The molecule has 1 N–H and O–H groups in total. The van der Waals surface area contributed by atoms with Gasteiger partial charge in [-0.1, -0.05) is 6.42 Å². The molecule has 1 aliphatic carbocycles. The van der Waals surface area contributed by atoms with Crippen molar-refractivity contribution < 1.29 is 9.90 Å². The summed E-state index contributed by atoms with van der Waals surface area (Å²) in [5, 5.41) is 9.32. The summed E-state index contributed by atoms with van der Waals surface area (Å²) in [6.07, 6.45) is 5.73. The van der Waals surface area contributed by atoms with Gasteiger partial charge < -0.3 is 5.11 Å². The Morgan fingerprint density at radius 2 is 2.13 bits per heavy atom. The number of carbonyl (C=O) groups is 1. The van der Waals surface area contributed by atoms with Crippen LogP contribution in [0, 0.1) is 5.92 Å². The highest BCUT2D eigenvalue weighted by molar-refractivity contribution is 5.78. The highest BCUT2D eigenvalue weighted by Crippen LogP contribution is 2.39. The molecule has 2 atom stereocenters. The van der Waals surface area contributed by atoms with Crippen LogP contribution in [0.2, 0.25) is 0 Å². The van der Waals surface area contributed by atoms with Crippen molar-refractivity contribution in [3.05, 3.63) is 0 Å². The van der Waals surface area contributed by atoms with Crippen LogP contribution in [0.5, 0.6) is 0 Å². The average molecular weight is 211 g/mol. The Morgan fingerprint density at radius 3 is 2.60 bits per heavy atom. The van der Waals surface area contributed by atoms with Crippen LogP contribution in [0.3, 0.4) is 0 Å². The van der Waals surface area contributed by atoms with Crippen molar-refractivity contribution in [2.75, 3.05) is 6.54 Å². The van der Waals surface area contributed by atoms with Crippen LogP contribution in [-0.4, -0.2) is 34.1 Å². The van der Waals surface area contributed by atoms with Crippen molar-refractivity contribution >= 4 is 5.97 Å². The van der Waals surface area contributed by atoms with Gasteiger partial charge in [0.15, 0.2) is 0 Å². The van der Waals surface area contributed by atoms with E-state index >= 15 is 0 Å². The third kappa shape index (κ3) is 1.67. The van der Waals surface area contributed by atoms with E-state index in [1.54, 1.807) is 0 Å². The van der Waals surface area contributed by atoms with Crippen LogP contribution < -0.4 is 0 Å². The van der Waals surface area contributed by atoms with Gasteiger partial charge in [0.1, 0.15) is 5.54 Å². The first-order chi connectivity index (χ1) is 7.05. The molecule has 0 aromatic rings. The summed E-state index contributed by atoms with van der Waals surface area (Å²) in [6.45, 7) is 5.05. The van der Waals surface area contributed by atoms with E-state index in [9.17, 15) is 9.90 Å². The van der Waals surface area contributed by atoms with E-state index in [2.05, 4.69) is 11.8 Å². The van der Waals surface area contributed by atoms with Gasteiger partial charge in [0.2, 0.25) is 0 Å². The molecule has 0 amide bonds. The topological polar surface area (TPSA) is 40.5 Å². The quantitative estimate of drug-likeness (QED) is 0.777. The number of hydrogen-bond acceptors (Lipinski definition) is 2. The molecule has 1 saturated carbocycles. The molecule has 3 nitrogen and oxygen atoms in total. The zero-order valence-corrected chi connectivity index (χ0v) is 9.70. The molecule has 15 heavy (non-hydrogen) atoms. The minimum absolute atomic E-state index is 0.447.